The molecule has 0 saturated carbocycles. The molecule has 0 spiro atoms. The van der Waals surface area contributed by atoms with Gasteiger partial charge in [0.2, 0.25) is 10.0 Å². The standard InChI is InChI=1S/C37H33F2N3O7S/c1-41(50(4,45)46)34-30-16-24(15-22-5-10-26(38)11-6-22)18-40-33(30)35(49-21-23-7-13-28(47-2)14-8-23)32-31(34)20-42(36(32)43)19-25-9-12-27(39)17-29(25)37(44)48-3/h5-14,16-18H,15,19-21H2,1-4H3. The molecule has 6 rings (SSSR count). The Hall–Kier alpha value is -5.56. The predicted octanol–water partition coefficient (Wildman–Crippen LogP) is 6.03. The van der Waals surface area contributed by atoms with Crippen molar-refractivity contribution in [3.05, 3.63) is 130 Å². The van der Waals surface area contributed by atoms with Crippen molar-refractivity contribution in [3.8, 4) is 11.5 Å². The van der Waals surface area contributed by atoms with E-state index in [2.05, 4.69) is 0 Å². The molecule has 0 radical (unpaired) electrons. The number of fused-ring (bicyclic) bond motifs is 2. The van der Waals surface area contributed by atoms with E-state index >= 15 is 0 Å². The number of hydrogen-bond donors (Lipinski definition) is 0. The van der Waals surface area contributed by atoms with Crippen molar-refractivity contribution in [1.82, 2.24) is 9.88 Å². The third-order valence-corrected chi connectivity index (χ3v) is 9.77. The van der Waals surface area contributed by atoms with E-state index in [-0.39, 0.29) is 53.6 Å². The van der Waals surface area contributed by atoms with Crippen molar-refractivity contribution < 1.29 is 41.0 Å². The van der Waals surface area contributed by atoms with Crippen molar-refractivity contribution >= 4 is 38.5 Å². The number of hydrogen-bond acceptors (Lipinski definition) is 8. The van der Waals surface area contributed by atoms with E-state index in [9.17, 15) is 26.8 Å². The van der Waals surface area contributed by atoms with Gasteiger partial charge in [-0.1, -0.05) is 30.3 Å². The fourth-order valence-corrected chi connectivity index (χ4v) is 6.54. The van der Waals surface area contributed by atoms with Gasteiger partial charge in [-0.05, 0) is 71.1 Å². The smallest absolute Gasteiger partial charge is 0.338 e. The summed E-state index contributed by atoms with van der Waals surface area (Å²) in [5, 5.41) is 0.424. The monoisotopic (exact) mass is 701 g/mol. The van der Waals surface area contributed by atoms with Gasteiger partial charge in [0.1, 0.15) is 29.5 Å². The van der Waals surface area contributed by atoms with Crippen LogP contribution in [0.15, 0.2) is 79.0 Å². The fourth-order valence-electron chi connectivity index (χ4n) is 6.00. The first-order chi connectivity index (χ1) is 23.9. The Labute approximate surface area is 287 Å². The first kappa shape index (κ1) is 34.3. The van der Waals surface area contributed by atoms with E-state index in [4.69, 9.17) is 19.2 Å². The highest BCUT2D eigenvalue weighted by Crippen LogP contribution is 2.46. The Balaban J connectivity index is 1.52. The molecule has 4 aromatic carbocycles. The number of halogens is 2. The molecule has 1 aliphatic heterocycles. The zero-order chi connectivity index (χ0) is 35.7. The number of benzene rings is 4. The van der Waals surface area contributed by atoms with Gasteiger partial charge in [-0.3, -0.25) is 14.1 Å². The third-order valence-electron chi connectivity index (χ3n) is 8.59. The number of sulfonamides is 1. The molecule has 0 unspecified atom stereocenters. The zero-order valence-electron chi connectivity index (χ0n) is 27.7. The van der Waals surface area contributed by atoms with Crippen LogP contribution in [0.4, 0.5) is 14.5 Å². The Bertz CT molecular complexity index is 2230. The second-order valence-corrected chi connectivity index (χ2v) is 13.9. The Kier molecular flexibility index (Phi) is 9.43. The van der Waals surface area contributed by atoms with Gasteiger partial charge in [-0.2, -0.15) is 0 Å². The number of carbonyl (C=O) groups is 2. The van der Waals surface area contributed by atoms with E-state index in [0.29, 0.717) is 34.2 Å². The molecule has 1 amide bonds. The lowest BCUT2D eigenvalue weighted by molar-refractivity contribution is 0.0594. The maximum absolute atomic E-state index is 14.4. The largest absolute Gasteiger partial charge is 0.497 e. The number of esters is 1. The van der Waals surface area contributed by atoms with E-state index in [1.54, 1.807) is 43.6 Å². The number of amides is 1. The second-order valence-electron chi connectivity index (χ2n) is 11.9. The first-order valence-electron chi connectivity index (χ1n) is 15.5. The van der Waals surface area contributed by atoms with Crippen LogP contribution in [0.3, 0.4) is 0 Å². The number of pyridine rings is 1. The highest BCUT2D eigenvalue weighted by Gasteiger charge is 2.38. The minimum atomic E-state index is -3.86. The Morgan fingerprint density at radius 2 is 1.62 bits per heavy atom. The molecule has 1 aromatic heterocycles. The Morgan fingerprint density at radius 3 is 2.28 bits per heavy atom. The van der Waals surface area contributed by atoms with Crippen molar-refractivity contribution in [2.24, 2.45) is 0 Å². The molecular formula is C37H33F2N3O7S. The number of methoxy groups -OCH3 is 2. The van der Waals surface area contributed by atoms with Gasteiger partial charge in [0.05, 0.1) is 37.3 Å². The number of aromatic nitrogens is 1. The Morgan fingerprint density at radius 1 is 0.940 bits per heavy atom. The minimum absolute atomic E-state index is 0.0435. The van der Waals surface area contributed by atoms with Crippen molar-refractivity contribution in [2.75, 3.05) is 31.8 Å². The molecule has 0 saturated heterocycles. The van der Waals surface area contributed by atoms with Gasteiger partial charge in [0, 0.05) is 37.3 Å². The van der Waals surface area contributed by atoms with Gasteiger partial charge >= 0.3 is 5.97 Å². The van der Waals surface area contributed by atoms with E-state index < -0.39 is 27.7 Å². The number of nitrogens with zero attached hydrogens (tertiary/aromatic N) is 3. The first-order valence-corrected chi connectivity index (χ1v) is 17.3. The van der Waals surface area contributed by atoms with Crippen LogP contribution >= 0.6 is 0 Å². The molecule has 50 heavy (non-hydrogen) atoms. The lowest BCUT2D eigenvalue weighted by Gasteiger charge is -2.24. The highest BCUT2D eigenvalue weighted by molar-refractivity contribution is 7.92. The molecule has 0 N–H and O–H groups in total. The van der Waals surface area contributed by atoms with Crippen LogP contribution < -0.4 is 13.8 Å². The summed E-state index contributed by atoms with van der Waals surface area (Å²) in [6.45, 7) is -0.125. The molecular weight excluding hydrogens is 668 g/mol. The minimum Gasteiger partial charge on any atom is -0.497 e. The molecule has 0 bridgehead atoms. The zero-order valence-corrected chi connectivity index (χ0v) is 28.5. The molecule has 5 aromatic rings. The molecule has 0 fully saturated rings. The summed E-state index contributed by atoms with van der Waals surface area (Å²) in [7, 11) is 0.275. The number of carbonyl (C=O) groups excluding carboxylic acids is 2. The lowest BCUT2D eigenvalue weighted by atomic mass is 9.98. The second kappa shape index (κ2) is 13.7. The van der Waals surface area contributed by atoms with Crippen LogP contribution in [0, 0.1) is 11.6 Å². The number of ether oxygens (including phenoxy) is 3. The van der Waals surface area contributed by atoms with E-state index in [1.165, 1.54) is 43.3 Å². The maximum Gasteiger partial charge on any atom is 0.338 e. The van der Waals surface area contributed by atoms with Crippen LogP contribution in [0.2, 0.25) is 0 Å². The molecule has 1 aliphatic rings. The average Bonchev–Trinajstić information content (AvgIpc) is 3.42. The van der Waals surface area contributed by atoms with Crippen LogP contribution in [-0.4, -0.2) is 57.7 Å². The normalized spacial score (nSPS) is 12.6. The quantitative estimate of drug-likeness (QED) is 0.154. The summed E-state index contributed by atoms with van der Waals surface area (Å²) >= 11 is 0. The summed E-state index contributed by atoms with van der Waals surface area (Å²) in [5.41, 5.74) is 3.59. The average molecular weight is 702 g/mol. The van der Waals surface area contributed by atoms with Crippen LogP contribution in [0.1, 0.15) is 48.5 Å². The summed E-state index contributed by atoms with van der Waals surface area (Å²) in [6.07, 6.45) is 3.04. The molecule has 258 valence electrons. The molecule has 2 heterocycles. The number of anilines is 1. The molecule has 13 heteroatoms. The SMILES string of the molecule is COC(=O)c1cc(F)ccc1CN1Cc2c(c(OCc3ccc(OC)cc3)c3ncc(Cc4ccc(F)cc4)cc3c2N(C)S(C)(=O)=O)C1=O. The van der Waals surface area contributed by atoms with Gasteiger partial charge in [0.25, 0.3) is 5.91 Å². The summed E-state index contributed by atoms with van der Waals surface area (Å²) in [5.74, 6) is -1.47. The number of rotatable bonds is 11. The maximum atomic E-state index is 14.4. The summed E-state index contributed by atoms with van der Waals surface area (Å²) in [4.78, 5) is 33.1. The highest BCUT2D eigenvalue weighted by atomic mass is 32.2. The van der Waals surface area contributed by atoms with Gasteiger partial charge in [-0.25, -0.2) is 22.0 Å². The van der Waals surface area contributed by atoms with Crippen molar-refractivity contribution in [3.63, 3.8) is 0 Å². The van der Waals surface area contributed by atoms with Gasteiger partial charge in [0.15, 0.2) is 5.75 Å². The van der Waals surface area contributed by atoms with Crippen molar-refractivity contribution in [1.29, 1.82) is 0 Å². The van der Waals surface area contributed by atoms with E-state index in [1.807, 2.05) is 12.1 Å². The van der Waals surface area contributed by atoms with Crippen LogP contribution in [0.25, 0.3) is 10.9 Å². The molecule has 0 aliphatic carbocycles. The van der Waals surface area contributed by atoms with Crippen LogP contribution in [0.5, 0.6) is 11.5 Å². The third kappa shape index (κ3) is 6.81. The van der Waals surface area contributed by atoms with E-state index in [0.717, 1.165) is 27.8 Å². The fraction of sp³-hybridized carbons (Fsp3) is 0.216. The lowest BCUT2D eigenvalue weighted by Crippen LogP contribution is -2.27. The van der Waals surface area contributed by atoms with Crippen LogP contribution in [-0.2, 0) is 40.9 Å². The summed E-state index contributed by atoms with van der Waals surface area (Å²) < 4.78 is 71.6. The predicted molar refractivity (Wildman–Crippen MR) is 183 cm³/mol. The molecule has 0 atom stereocenters. The van der Waals surface area contributed by atoms with Gasteiger partial charge in [-0.15, -0.1) is 0 Å². The van der Waals surface area contributed by atoms with Crippen molar-refractivity contribution in [2.45, 2.75) is 26.1 Å². The molecule has 10 nitrogen and oxygen atoms in total. The topological polar surface area (TPSA) is 115 Å². The summed E-state index contributed by atoms with van der Waals surface area (Å²) in [6, 6.07) is 18.7. The van der Waals surface area contributed by atoms with Gasteiger partial charge < -0.3 is 19.1 Å².